The number of nitrogens with zero attached hydrogens (tertiary/aromatic N) is 5. The van der Waals surface area contributed by atoms with Gasteiger partial charge in [0.1, 0.15) is 4.83 Å². The second-order valence-electron chi connectivity index (χ2n) is 10.2. The second-order valence-corrected chi connectivity index (χ2v) is 11.2. The molecule has 9 heteroatoms. The molecule has 0 radical (unpaired) electrons. The standard InChI is InChI=1S/C28H37N5O3S/c1-6-31-18-29-26-24(27(31)35)20(4)25(37-26)28(36)32-15-14-30(5)12-9-13-33(23(34)16-19(2)3)22-11-8-7-10-21(22)17-32/h7-8,10-11,18-19H,6,9,12-17H2,1-5H3. The monoisotopic (exact) mass is 523 g/mol. The van der Waals surface area contributed by atoms with Crippen molar-refractivity contribution in [1.82, 2.24) is 19.4 Å². The van der Waals surface area contributed by atoms with Gasteiger partial charge in [-0.05, 0) is 57.0 Å². The van der Waals surface area contributed by atoms with Gasteiger partial charge in [-0.1, -0.05) is 32.0 Å². The fraction of sp³-hybridized carbons (Fsp3) is 0.500. The van der Waals surface area contributed by atoms with Crippen LogP contribution in [0.5, 0.6) is 0 Å². The van der Waals surface area contributed by atoms with Crippen molar-refractivity contribution in [3.63, 3.8) is 0 Å². The molecule has 4 rings (SSSR count). The second kappa shape index (κ2) is 11.6. The molecule has 0 aliphatic carbocycles. The minimum atomic E-state index is -0.109. The molecule has 0 saturated carbocycles. The largest absolute Gasteiger partial charge is 0.332 e. The summed E-state index contributed by atoms with van der Waals surface area (Å²) in [6.45, 7) is 11.5. The first-order chi connectivity index (χ1) is 17.7. The zero-order valence-electron chi connectivity index (χ0n) is 22.5. The molecule has 3 aromatic rings. The van der Waals surface area contributed by atoms with Gasteiger partial charge in [0.05, 0.1) is 16.6 Å². The van der Waals surface area contributed by atoms with E-state index in [2.05, 4.69) is 30.8 Å². The van der Waals surface area contributed by atoms with E-state index in [1.54, 1.807) is 10.9 Å². The summed E-state index contributed by atoms with van der Waals surface area (Å²) in [6, 6.07) is 7.90. The minimum Gasteiger partial charge on any atom is -0.332 e. The van der Waals surface area contributed by atoms with Crippen molar-refractivity contribution in [1.29, 1.82) is 0 Å². The third-order valence-corrected chi connectivity index (χ3v) is 8.13. The van der Waals surface area contributed by atoms with Crippen LogP contribution in [0.25, 0.3) is 10.2 Å². The van der Waals surface area contributed by atoms with Crippen molar-refractivity contribution in [2.45, 2.75) is 53.6 Å². The number of carbonyl (C=O) groups excluding carboxylic acids is 2. The number of aryl methyl sites for hydroxylation is 2. The van der Waals surface area contributed by atoms with Gasteiger partial charge in [0, 0.05) is 44.8 Å². The first kappa shape index (κ1) is 27.0. The number of hydrogen-bond acceptors (Lipinski definition) is 6. The predicted octanol–water partition coefficient (Wildman–Crippen LogP) is 4.14. The van der Waals surface area contributed by atoms with E-state index in [1.807, 2.05) is 47.9 Å². The highest BCUT2D eigenvalue weighted by molar-refractivity contribution is 7.20. The van der Waals surface area contributed by atoms with E-state index >= 15 is 0 Å². The molecule has 8 nitrogen and oxygen atoms in total. The lowest BCUT2D eigenvalue weighted by molar-refractivity contribution is -0.119. The molecule has 1 aliphatic heterocycles. The lowest BCUT2D eigenvalue weighted by Crippen LogP contribution is -2.37. The molecule has 0 bridgehead atoms. The van der Waals surface area contributed by atoms with Crippen molar-refractivity contribution in [2.75, 3.05) is 38.1 Å². The molecule has 1 aliphatic rings. The van der Waals surface area contributed by atoms with Crippen LogP contribution in [0.2, 0.25) is 0 Å². The van der Waals surface area contributed by atoms with Crippen LogP contribution in [0.3, 0.4) is 0 Å². The molecule has 37 heavy (non-hydrogen) atoms. The van der Waals surface area contributed by atoms with Gasteiger partial charge in [-0.15, -0.1) is 11.3 Å². The molecule has 0 atom stereocenters. The first-order valence-electron chi connectivity index (χ1n) is 13.1. The third-order valence-electron chi connectivity index (χ3n) is 6.94. The topological polar surface area (TPSA) is 78.8 Å². The summed E-state index contributed by atoms with van der Waals surface area (Å²) in [6.07, 6.45) is 2.89. The molecular formula is C28H37N5O3S. The highest BCUT2D eigenvalue weighted by Crippen LogP contribution is 2.30. The number of rotatable bonds is 4. The predicted molar refractivity (Wildman–Crippen MR) is 149 cm³/mol. The smallest absolute Gasteiger partial charge is 0.264 e. The zero-order chi connectivity index (χ0) is 26.7. The van der Waals surface area contributed by atoms with Gasteiger partial charge in [-0.3, -0.25) is 19.0 Å². The van der Waals surface area contributed by atoms with E-state index in [9.17, 15) is 14.4 Å². The van der Waals surface area contributed by atoms with Gasteiger partial charge in [-0.2, -0.15) is 0 Å². The number of fused-ring (bicyclic) bond motifs is 2. The van der Waals surface area contributed by atoms with Crippen molar-refractivity contribution < 1.29 is 9.59 Å². The summed E-state index contributed by atoms with van der Waals surface area (Å²) in [4.78, 5) is 51.8. The Morgan fingerprint density at radius 3 is 2.59 bits per heavy atom. The maximum atomic E-state index is 14.0. The Labute approximate surface area is 222 Å². The van der Waals surface area contributed by atoms with Crippen LogP contribution in [0.4, 0.5) is 5.69 Å². The fourth-order valence-corrected chi connectivity index (χ4v) is 5.95. The lowest BCUT2D eigenvalue weighted by Gasteiger charge is -2.28. The highest BCUT2D eigenvalue weighted by Gasteiger charge is 2.27. The van der Waals surface area contributed by atoms with Crippen LogP contribution in [-0.4, -0.2) is 64.4 Å². The number of amides is 2. The molecule has 3 heterocycles. The molecule has 2 amide bonds. The summed E-state index contributed by atoms with van der Waals surface area (Å²) < 4.78 is 1.57. The maximum Gasteiger partial charge on any atom is 0.264 e. The average Bonchev–Trinajstić information content (AvgIpc) is 3.19. The lowest BCUT2D eigenvalue weighted by atomic mass is 10.1. The number of aromatic nitrogens is 2. The quantitative estimate of drug-likeness (QED) is 0.514. The highest BCUT2D eigenvalue weighted by atomic mass is 32.1. The minimum absolute atomic E-state index is 0.106. The van der Waals surface area contributed by atoms with Gasteiger partial charge in [0.15, 0.2) is 0 Å². The zero-order valence-corrected chi connectivity index (χ0v) is 23.3. The van der Waals surface area contributed by atoms with E-state index in [0.29, 0.717) is 53.3 Å². The van der Waals surface area contributed by atoms with E-state index in [4.69, 9.17) is 0 Å². The molecule has 198 valence electrons. The number of para-hydroxylation sites is 1. The van der Waals surface area contributed by atoms with Crippen LogP contribution >= 0.6 is 11.3 Å². The van der Waals surface area contributed by atoms with Crippen LogP contribution in [-0.2, 0) is 17.9 Å². The van der Waals surface area contributed by atoms with Gasteiger partial charge < -0.3 is 14.7 Å². The Kier molecular flexibility index (Phi) is 8.44. The van der Waals surface area contributed by atoms with E-state index in [0.717, 1.165) is 30.8 Å². The molecule has 0 fully saturated rings. The Balaban J connectivity index is 1.74. The molecule has 0 saturated heterocycles. The normalized spacial score (nSPS) is 15.6. The van der Waals surface area contributed by atoms with E-state index in [1.165, 1.54) is 11.3 Å². The molecule has 2 aromatic heterocycles. The van der Waals surface area contributed by atoms with Crippen molar-refractivity contribution in [3.8, 4) is 0 Å². The van der Waals surface area contributed by atoms with Crippen molar-refractivity contribution in [3.05, 3.63) is 57.0 Å². The van der Waals surface area contributed by atoms with Crippen molar-refractivity contribution >= 4 is 39.1 Å². The summed E-state index contributed by atoms with van der Waals surface area (Å²) >= 11 is 1.29. The molecule has 1 aromatic carbocycles. The number of anilines is 1. The number of benzene rings is 1. The number of thiophene rings is 1. The summed E-state index contributed by atoms with van der Waals surface area (Å²) in [7, 11) is 2.05. The maximum absolute atomic E-state index is 14.0. The molecule has 0 spiro atoms. The van der Waals surface area contributed by atoms with Crippen LogP contribution in [0.15, 0.2) is 35.4 Å². The Bertz CT molecular complexity index is 1350. The van der Waals surface area contributed by atoms with Gasteiger partial charge in [-0.25, -0.2) is 4.98 Å². The SMILES string of the molecule is CCn1cnc2sc(C(=O)N3CCN(C)CCCN(C(=O)CC(C)C)c4ccccc4C3)c(C)c2c1=O. The van der Waals surface area contributed by atoms with Crippen LogP contribution in [0.1, 0.15) is 54.4 Å². The van der Waals surface area contributed by atoms with Crippen LogP contribution < -0.4 is 10.5 Å². The molecular weight excluding hydrogens is 486 g/mol. The van der Waals surface area contributed by atoms with Gasteiger partial charge in [0.25, 0.3) is 11.5 Å². The summed E-state index contributed by atoms with van der Waals surface area (Å²) in [5, 5.41) is 0.526. The van der Waals surface area contributed by atoms with E-state index < -0.39 is 0 Å². The number of likely N-dealkylation sites (N-methyl/N-ethyl adjacent to an activating group) is 1. The van der Waals surface area contributed by atoms with E-state index in [-0.39, 0.29) is 23.3 Å². The van der Waals surface area contributed by atoms with Crippen molar-refractivity contribution in [2.24, 2.45) is 5.92 Å². The average molecular weight is 524 g/mol. The third kappa shape index (κ3) is 5.78. The van der Waals surface area contributed by atoms with Gasteiger partial charge in [0.2, 0.25) is 5.91 Å². The Morgan fingerprint density at radius 2 is 1.86 bits per heavy atom. The number of carbonyl (C=O) groups is 2. The van der Waals surface area contributed by atoms with Gasteiger partial charge >= 0.3 is 0 Å². The summed E-state index contributed by atoms with van der Waals surface area (Å²) in [5.41, 5.74) is 2.40. The number of hydrogen-bond donors (Lipinski definition) is 0. The molecule has 0 N–H and O–H groups in total. The molecule has 0 unspecified atom stereocenters. The Hall–Kier alpha value is -3.04. The summed E-state index contributed by atoms with van der Waals surface area (Å²) in [5.74, 6) is 0.270. The first-order valence-corrected chi connectivity index (χ1v) is 13.9. The Morgan fingerprint density at radius 1 is 1.11 bits per heavy atom. The van der Waals surface area contributed by atoms with Crippen LogP contribution in [0, 0.1) is 12.8 Å². The fourth-order valence-electron chi connectivity index (χ4n) is 4.84.